The van der Waals surface area contributed by atoms with E-state index in [4.69, 9.17) is 5.26 Å². The highest BCUT2D eigenvalue weighted by molar-refractivity contribution is 6.09. The van der Waals surface area contributed by atoms with Crippen molar-refractivity contribution in [1.82, 2.24) is 4.90 Å². The second-order valence-electron chi connectivity index (χ2n) is 5.42. The first-order chi connectivity index (χ1) is 11.9. The van der Waals surface area contributed by atoms with E-state index in [0.29, 0.717) is 11.3 Å². The number of amides is 2. The predicted molar refractivity (Wildman–Crippen MR) is 93.1 cm³/mol. The summed E-state index contributed by atoms with van der Waals surface area (Å²) in [6, 6.07) is 13.9. The quantitative estimate of drug-likeness (QED) is 0.688. The molecule has 1 N–H and O–H groups in total. The minimum Gasteiger partial charge on any atom is -0.345 e. The van der Waals surface area contributed by atoms with Gasteiger partial charge in [-0.05, 0) is 36.4 Å². The van der Waals surface area contributed by atoms with Gasteiger partial charge in [0, 0.05) is 30.9 Å². The van der Waals surface area contributed by atoms with Crippen LogP contribution in [0.1, 0.15) is 15.9 Å². The van der Waals surface area contributed by atoms with Crippen LogP contribution in [0, 0.1) is 17.1 Å². The fourth-order valence-electron chi connectivity index (χ4n) is 2.05. The van der Waals surface area contributed by atoms with Gasteiger partial charge in [-0.25, -0.2) is 4.39 Å². The molecule has 0 unspecified atom stereocenters. The largest absolute Gasteiger partial charge is 0.345 e. The number of anilines is 1. The van der Waals surface area contributed by atoms with Crippen molar-refractivity contribution in [1.29, 1.82) is 5.26 Å². The monoisotopic (exact) mass is 337 g/mol. The zero-order valence-corrected chi connectivity index (χ0v) is 13.8. The standard InChI is InChI=1S/C19H16FN3O2/c1-23(2)19(25)13-7-9-16(10-8-13)22-18(24)15(12-21)11-14-5-3-4-6-17(14)20/h3-11H,1-2H3,(H,22,24)/b15-11+. The smallest absolute Gasteiger partial charge is 0.266 e. The first kappa shape index (κ1) is 17.9. The van der Waals surface area contributed by atoms with E-state index in [1.54, 1.807) is 50.5 Å². The van der Waals surface area contributed by atoms with Gasteiger partial charge in [-0.15, -0.1) is 0 Å². The van der Waals surface area contributed by atoms with Crippen molar-refractivity contribution in [3.63, 3.8) is 0 Å². The van der Waals surface area contributed by atoms with Crippen LogP contribution in [-0.4, -0.2) is 30.8 Å². The van der Waals surface area contributed by atoms with E-state index in [1.807, 2.05) is 0 Å². The normalized spacial score (nSPS) is 10.7. The predicted octanol–water partition coefficient (Wildman–Crippen LogP) is 3.07. The van der Waals surface area contributed by atoms with Gasteiger partial charge in [0.1, 0.15) is 17.5 Å². The molecule has 0 atom stereocenters. The molecule has 0 saturated heterocycles. The van der Waals surface area contributed by atoms with Crippen LogP contribution in [0.25, 0.3) is 6.08 Å². The van der Waals surface area contributed by atoms with Crippen LogP contribution in [0.2, 0.25) is 0 Å². The maximum Gasteiger partial charge on any atom is 0.266 e. The lowest BCUT2D eigenvalue weighted by Gasteiger charge is -2.11. The zero-order valence-electron chi connectivity index (χ0n) is 13.8. The van der Waals surface area contributed by atoms with Gasteiger partial charge in [-0.3, -0.25) is 9.59 Å². The first-order valence-corrected chi connectivity index (χ1v) is 7.41. The van der Waals surface area contributed by atoms with Gasteiger partial charge in [-0.2, -0.15) is 5.26 Å². The lowest BCUT2D eigenvalue weighted by Crippen LogP contribution is -2.21. The highest BCUT2D eigenvalue weighted by Crippen LogP contribution is 2.15. The fourth-order valence-corrected chi connectivity index (χ4v) is 2.05. The summed E-state index contributed by atoms with van der Waals surface area (Å²) in [7, 11) is 3.29. The molecule has 2 rings (SSSR count). The van der Waals surface area contributed by atoms with Crippen molar-refractivity contribution in [3.05, 3.63) is 71.0 Å². The maximum atomic E-state index is 13.6. The Morgan fingerprint density at radius 1 is 1.12 bits per heavy atom. The minimum atomic E-state index is -0.655. The lowest BCUT2D eigenvalue weighted by atomic mass is 10.1. The molecule has 0 radical (unpaired) electrons. The molecule has 0 aliphatic rings. The van der Waals surface area contributed by atoms with E-state index in [2.05, 4.69) is 5.32 Å². The third-order valence-electron chi connectivity index (χ3n) is 3.37. The number of rotatable bonds is 4. The summed E-state index contributed by atoms with van der Waals surface area (Å²) in [5.41, 5.74) is 0.833. The van der Waals surface area contributed by atoms with E-state index in [0.717, 1.165) is 0 Å². The molecule has 0 aromatic heterocycles. The summed E-state index contributed by atoms with van der Waals surface area (Å²) in [6.45, 7) is 0. The van der Waals surface area contributed by atoms with Crippen LogP contribution >= 0.6 is 0 Å². The Morgan fingerprint density at radius 3 is 2.32 bits per heavy atom. The van der Waals surface area contributed by atoms with Crippen molar-refractivity contribution in [2.45, 2.75) is 0 Å². The number of carbonyl (C=O) groups excluding carboxylic acids is 2. The Kier molecular flexibility index (Phi) is 5.64. The zero-order chi connectivity index (χ0) is 18.4. The molecule has 0 aliphatic carbocycles. The molecule has 2 amide bonds. The molecule has 2 aromatic carbocycles. The molecule has 25 heavy (non-hydrogen) atoms. The van der Waals surface area contributed by atoms with Crippen molar-refractivity contribution < 1.29 is 14.0 Å². The number of nitrogens with zero attached hydrogens (tertiary/aromatic N) is 2. The summed E-state index contributed by atoms with van der Waals surface area (Å²) in [5.74, 6) is -1.33. The van der Waals surface area contributed by atoms with E-state index in [9.17, 15) is 14.0 Å². The summed E-state index contributed by atoms with van der Waals surface area (Å²) in [5, 5.41) is 11.7. The highest BCUT2D eigenvalue weighted by atomic mass is 19.1. The fraction of sp³-hybridized carbons (Fsp3) is 0.105. The molecular formula is C19H16FN3O2. The Labute approximate surface area is 145 Å². The van der Waals surface area contributed by atoms with E-state index in [1.165, 1.54) is 29.2 Å². The SMILES string of the molecule is CN(C)C(=O)c1ccc(NC(=O)/C(C#N)=C/c2ccccc2F)cc1. The van der Waals surface area contributed by atoms with E-state index in [-0.39, 0.29) is 17.0 Å². The average molecular weight is 337 g/mol. The van der Waals surface area contributed by atoms with Gasteiger partial charge in [-0.1, -0.05) is 18.2 Å². The molecule has 0 aliphatic heterocycles. The van der Waals surface area contributed by atoms with Crippen molar-refractivity contribution >= 4 is 23.6 Å². The molecule has 0 fully saturated rings. The van der Waals surface area contributed by atoms with Crippen LogP contribution in [0.15, 0.2) is 54.1 Å². The van der Waals surface area contributed by atoms with Crippen molar-refractivity contribution in [3.8, 4) is 6.07 Å². The first-order valence-electron chi connectivity index (χ1n) is 7.41. The van der Waals surface area contributed by atoms with Crippen LogP contribution < -0.4 is 5.32 Å². The topological polar surface area (TPSA) is 73.2 Å². The molecule has 5 nitrogen and oxygen atoms in total. The second kappa shape index (κ2) is 7.88. The molecular weight excluding hydrogens is 321 g/mol. The van der Waals surface area contributed by atoms with Crippen molar-refractivity contribution in [2.24, 2.45) is 0 Å². The Hall–Kier alpha value is -3.46. The van der Waals surface area contributed by atoms with Gasteiger partial charge in [0.05, 0.1) is 0 Å². The van der Waals surface area contributed by atoms with Gasteiger partial charge in [0.15, 0.2) is 0 Å². The Bertz CT molecular complexity index is 865. The van der Waals surface area contributed by atoms with Gasteiger partial charge in [0.2, 0.25) is 0 Å². The minimum absolute atomic E-state index is 0.154. The summed E-state index contributed by atoms with van der Waals surface area (Å²) < 4.78 is 13.6. The van der Waals surface area contributed by atoms with Crippen LogP contribution in [0.5, 0.6) is 0 Å². The van der Waals surface area contributed by atoms with Crippen LogP contribution in [-0.2, 0) is 4.79 Å². The third-order valence-corrected chi connectivity index (χ3v) is 3.37. The van der Waals surface area contributed by atoms with E-state index >= 15 is 0 Å². The van der Waals surface area contributed by atoms with Gasteiger partial charge < -0.3 is 10.2 Å². The highest BCUT2D eigenvalue weighted by Gasteiger charge is 2.12. The molecule has 2 aromatic rings. The number of halogens is 1. The van der Waals surface area contributed by atoms with Gasteiger partial charge >= 0.3 is 0 Å². The lowest BCUT2D eigenvalue weighted by molar-refractivity contribution is -0.112. The number of benzene rings is 2. The number of hydrogen-bond acceptors (Lipinski definition) is 3. The number of nitriles is 1. The molecule has 0 spiro atoms. The number of hydrogen-bond donors (Lipinski definition) is 1. The molecule has 0 bridgehead atoms. The number of carbonyl (C=O) groups is 2. The summed E-state index contributed by atoms with van der Waals surface area (Å²) >= 11 is 0. The average Bonchev–Trinajstić information content (AvgIpc) is 2.60. The van der Waals surface area contributed by atoms with Crippen LogP contribution in [0.3, 0.4) is 0 Å². The van der Waals surface area contributed by atoms with Gasteiger partial charge in [0.25, 0.3) is 11.8 Å². The number of nitrogens with one attached hydrogen (secondary N) is 1. The summed E-state index contributed by atoms with van der Waals surface area (Å²) in [6.07, 6.45) is 1.19. The third kappa shape index (κ3) is 4.52. The Morgan fingerprint density at radius 2 is 1.76 bits per heavy atom. The molecule has 0 heterocycles. The second-order valence-corrected chi connectivity index (χ2v) is 5.42. The van der Waals surface area contributed by atoms with E-state index < -0.39 is 11.7 Å². The molecule has 126 valence electrons. The molecule has 0 saturated carbocycles. The summed E-state index contributed by atoms with van der Waals surface area (Å²) in [4.78, 5) is 25.4. The maximum absolute atomic E-state index is 13.6. The molecule has 6 heteroatoms. The van der Waals surface area contributed by atoms with Crippen LogP contribution in [0.4, 0.5) is 10.1 Å². The van der Waals surface area contributed by atoms with Crippen molar-refractivity contribution in [2.75, 3.05) is 19.4 Å². The Balaban J connectivity index is 2.16.